The standard InChI is InChI=1S/C13H5F7N2/c14-6-2-1-3-7(15)5(6)4-21-22-13-11(19)9(17)8(16)10(18)12(13)20/h1-4,22H/b21-4+. The third-order valence-corrected chi connectivity index (χ3v) is 2.58. The van der Waals surface area contributed by atoms with Crippen LogP contribution in [0.15, 0.2) is 23.3 Å². The zero-order chi connectivity index (χ0) is 16.4. The van der Waals surface area contributed by atoms with Crippen LogP contribution in [-0.4, -0.2) is 6.21 Å². The Balaban J connectivity index is 2.35. The van der Waals surface area contributed by atoms with E-state index in [0.29, 0.717) is 6.21 Å². The monoisotopic (exact) mass is 322 g/mol. The second kappa shape index (κ2) is 6.04. The van der Waals surface area contributed by atoms with Crippen LogP contribution in [0.2, 0.25) is 0 Å². The van der Waals surface area contributed by atoms with Gasteiger partial charge in [-0.15, -0.1) is 0 Å². The van der Waals surface area contributed by atoms with Crippen molar-refractivity contribution < 1.29 is 30.7 Å². The SMILES string of the molecule is Fc1cccc(F)c1/C=N/Nc1c(F)c(F)c(F)c(F)c1F. The van der Waals surface area contributed by atoms with Crippen LogP contribution in [0.4, 0.5) is 36.4 Å². The highest BCUT2D eigenvalue weighted by Gasteiger charge is 2.25. The number of hydrogen-bond donors (Lipinski definition) is 1. The van der Waals surface area contributed by atoms with Crippen molar-refractivity contribution in [3.8, 4) is 0 Å². The number of rotatable bonds is 3. The Morgan fingerprint density at radius 2 is 1.18 bits per heavy atom. The predicted octanol–water partition coefficient (Wildman–Crippen LogP) is 4.11. The van der Waals surface area contributed by atoms with E-state index in [1.165, 1.54) is 5.43 Å². The van der Waals surface area contributed by atoms with Crippen LogP contribution in [0, 0.1) is 40.7 Å². The normalized spacial score (nSPS) is 11.2. The molecule has 0 aliphatic heterocycles. The number of nitrogens with one attached hydrogen (secondary N) is 1. The van der Waals surface area contributed by atoms with Crippen LogP contribution in [0.5, 0.6) is 0 Å². The summed E-state index contributed by atoms with van der Waals surface area (Å²) in [5, 5.41) is 3.08. The van der Waals surface area contributed by atoms with E-state index < -0.39 is 52.0 Å². The molecule has 0 fully saturated rings. The van der Waals surface area contributed by atoms with Crippen LogP contribution in [0.1, 0.15) is 5.56 Å². The minimum atomic E-state index is -2.33. The van der Waals surface area contributed by atoms with Gasteiger partial charge in [0.1, 0.15) is 17.3 Å². The molecule has 2 nitrogen and oxygen atoms in total. The fraction of sp³-hybridized carbons (Fsp3) is 0. The smallest absolute Gasteiger partial charge is 0.200 e. The summed E-state index contributed by atoms with van der Waals surface area (Å²) in [4.78, 5) is 0. The molecule has 9 heteroatoms. The summed E-state index contributed by atoms with van der Waals surface area (Å²) < 4.78 is 91.7. The molecule has 2 aromatic carbocycles. The Kier molecular flexibility index (Phi) is 4.34. The van der Waals surface area contributed by atoms with Crippen LogP contribution in [0.25, 0.3) is 0 Å². The zero-order valence-corrected chi connectivity index (χ0v) is 10.4. The Labute approximate surface area is 118 Å². The van der Waals surface area contributed by atoms with E-state index in [4.69, 9.17) is 0 Å². The maximum atomic E-state index is 13.3. The molecule has 0 unspecified atom stereocenters. The van der Waals surface area contributed by atoms with Gasteiger partial charge in [-0.25, -0.2) is 30.7 Å². The van der Waals surface area contributed by atoms with Crippen molar-refractivity contribution in [3.63, 3.8) is 0 Å². The second-order valence-electron chi connectivity index (χ2n) is 3.95. The molecule has 0 aliphatic carbocycles. The van der Waals surface area contributed by atoms with Gasteiger partial charge in [-0.1, -0.05) is 6.07 Å². The number of hydrogen-bond acceptors (Lipinski definition) is 2. The summed E-state index contributed by atoms with van der Waals surface area (Å²) in [6.07, 6.45) is 0.503. The maximum Gasteiger partial charge on any atom is 0.200 e. The molecule has 0 aromatic heterocycles. The first-order valence-corrected chi connectivity index (χ1v) is 5.59. The molecule has 0 spiro atoms. The second-order valence-corrected chi connectivity index (χ2v) is 3.95. The van der Waals surface area contributed by atoms with Gasteiger partial charge in [-0.3, -0.25) is 5.43 Å². The summed E-state index contributed by atoms with van der Waals surface area (Å²) >= 11 is 0. The third-order valence-electron chi connectivity index (χ3n) is 2.58. The first-order valence-electron chi connectivity index (χ1n) is 5.59. The average Bonchev–Trinajstić information content (AvgIpc) is 2.49. The van der Waals surface area contributed by atoms with E-state index in [1.54, 1.807) is 0 Å². The van der Waals surface area contributed by atoms with E-state index in [0.717, 1.165) is 18.2 Å². The van der Waals surface area contributed by atoms with Gasteiger partial charge in [0.25, 0.3) is 0 Å². The lowest BCUT2D eigenvalue weighted by Crippen LogP contribution is -2.07. The van der Waals surface area contributed by atoms with Gasteiger partial charge in [0, 0.05) is 0 Å². The van der Waals surface area contributed by atoms with E-state index in [-0.39, 0.29) is 0 Å². The Bertz CT molecular complexity index is 709. The first-order chi connectivity index (χ1) is 10.3. The van der Waals surface area contributed by atoms with Gasteiger partial charge in [-0.2, -0.15) is 5.10 Å². The summed E-state index contributed by atoms with van der Waals surface area (Å²) in [5.74, 6) is -13.0. The van der Waals surface area contributed by atoms with Gasteiger partial charge in [0.15, 0.2) is 23.3 Å². The molecule has 0 aliphatic rings. The maximum absolute atomic E-state index is 13.3. The van der Waals surface area contributed by atoms with Crippen LogP contribution >= 0.6 is 0 Å². The van der Waals surface area contributed by atoms with Gasteiger partial charge >= 0.3 is 0 Å². The van der Waals surface area contributed by atoms with Crippen molar-refractivity contribution in [3.05, 3.63) is 64.5 Å². The molecule has 0 heterocycles. The summed E-state index contributed by atoms with van der Waals surface area (Å²) in [6, 6.07) is 2.85. The lowest BCUT2D eigenvalue weighted by Gasteiger charge is -2.07. The van der Waals surface area contributed by atoms with Gasteiger partial charge in [0.2, 0.25) is 5.82 Å². The number of anilines is 1. The van der Waals surface area contributed by atoms with E-state index >= 15 is 0 Å². The largest absolute Gasteiger partial charge is 0.272 e. The number of hydrazone groups is 1. The van der Waals surface area contributed by atoms with Gasteiger partial charge in [0.05, 0.1) is 11.8 Å². The summed E-state index contributed by atoms with van der Waals surface area (Å²) in [7, 11) is 0. The van der Waals surface area contributed by atoms with Crippen molar-refractivity contribution >= 4 is 11.9 Å². The quantitative estimate of drug-likeness (QED) is 0.297. The molecule has 2 rings (SSSR count). The average molecular weight is 322 g/mol. The summed E-state index contributed by atoms with van der Waals surface area (Å²) in [6.45, 7) is 0. The molecule has 0 radical (unpaired) electrons. The fourth-order valence-electron chi connectivity index (χ4n) is 1.50. The van der Waals surface area contributed by atoms with Crippen molar-refractivity contribution in [1.82, 2.24) is 0 Å². The van der Waals surface area contributed by atoms with Gasteiger partial charge < -0.3 is 0 Å². The Morgan fingerprint density at radius 1 is 0.727 bits per heavy atom. The van der Waals surface area contributed by atoms with E-state index in [9.17, 15) is 30.7 Å². The molecule has 22 heavy (non-hydrogen) atoms. The highest BCUT2D eigenvalue weighted by atomic mass is 19.2. The molecule has 1 N–H and O–H groups in total. The molecule has 0 saturated carbocycles. The van der Waals surface area contributed by atoms with Crippen molar-refractivity contribution in [2.24, 2.45) is 5.10 Å². The number of halogens is 7. The van der Waals surface area contributed by atoms with Gasteiger partial charge in [-0.05, 0) is 12.1 Å². The molecule has 2 aromatic rings. The number of benzene rings is 2. The van der Waals surface area contributed by atoms with Crippen molar-refractivity contribution in [1.29, 1.82) is 0 Å². The number of nitrogens with zero attached hydrogens (tertiary/aromatic N) is 1. The topological polar surface area (TPSA) is 24.4 Å². The Morgan fingerprint density at radius 3 is 1.68 bits per heavy atom. The van der Waals surface area contributed by atoms with Crippen molar-refractivity contribution in [2.75, 3.05) is 5.43 Å². The molecule has 0 amide bonds. The Hall–Kier alpha value is -2.58. The highest BCUT2D eigenvalue weighted by Crippen LogP contribution is 2.27. The molecule has 0 saturated heterocycles. The molecule has 0 atom stereocenters. The zero-order valence-electron chi connectivity index (χ0n) is 10.4. The lowest BCUT2D eigenvalue weighted by atomic mass is 10.2. The minimum Gasteiger partial charge on any atom is -0.272 e. The molecular formula is C13H5F7N2. The summed E-state index contributed by atoms with van der Waals surface area (Å²) in [5.41, 5.74) is -0.562. The van der Waals surface area contributed by atoms with Crippen LogP contribution in [0.3, 0.4) is 0 Å². The third kappa shape index (κ3) is 2.74. The van der Waals surface area contributed by atoms with E-state index in [2.05, 4.69) is 5.10 Å². The van der Waals surface area contributed by atoms with Crippen LogP contribution < -0.4 is 5.43 Å². The molecule has 116 valence electrons. The first kappa shape index (κ1) is 15.8. The minimum absolute atomic E-state index is 0.503. The molecular weight excluding hydrogens is 317 g/mol. The highest BCUT2D eigenvalue weighted by molar-refractivity contribution is 5.81. The molecule has 0 bridgehead atoms. The van der Waals surface area contributed by atoms with Crippen molar-refractivity contribution in [2.45, 2.75) is 0 Å². The lowest BCUT2D eigenvalue weighted by molar-refractivity contribution is 0.381. The predicted molar refractivity (Wildman–Crippen MR) is 63.8 cm³/mol. The van der Waals surface area contributed by atoms with Crippen LogP contribution in [-0.2, 0) is 0 Å². The fourth-order valence-corrected chi connectivity index (χ4v) is 1.50. The van der Waals surface area contributed by atoms with E-state index in [1.807, 2.05) is 0 Å².